The fraction of sp³-hybridized carbons (Fsp3) is 0.500. The lowest BCUT2D eigenvalue weighted by Gasteiger charge is -2.26. The molecular weight excluding hydrogens is 244 g/mol. The number of thiophene rings is 1. The minimum Gasteiger partial charge on any atom is -0.350 e. The first-order valence-electron chi connectivity index (χ1n) is 6.36. The highest BCUT2D eigenvalue weighted by Gasteiger charge is 2.24. The van der Waals surface area contributed by atoms with Gasteiger partial charge in [-0.05, 0) is 17.4 Å². The Morgan fingerprint density at radius 1 is 1.61 bits per heavy atom. The standard InChI is InChI=1S/C14H20N2OS/c1-11(2)13-6-3-7-16(13)10-14(17)15-9-12-5-4-8-18-12/h3-6,8,11,13H,7,9-10H2,1-2H3,(H,15,17)/t13-/m1/s1. The van der Waals surface area contributed by atoms with E-state index >= 15 is 0 Å². The van der Waals surface area contributed by atoms with Crippen molar-refractivity contribution in [3.63, 3.8) is 0 Å². The Morgan fingerprint density at radius 2 is 2.44 bits per heavy atom. The highest BCUT2D eigenvalue weighted by molar-refractivity contribution is 7.09. The number of nitrogens with one attached hydrogen (secondary N) is 1. The lowest BCUT2D eigenvalue weighted by atomic mass is 10.0. The summed E-state index contributed by atoms with van der Waals surface area (Å²) in [5, 5.41) is 5.00. The molecule has 1 aromatic heterocycles. The molecule has 0 aromatic carbocycles. The molecule has 0 aliphatic carbocycles. The van der Waals surface area contributed by atoms with Crippen molar-refractivity contribution in [3.05, 3.63) is 34.5 Å². The third-order valence-electron chi connectivity index (χ3n) is 3.16. The summed E-state index contributed by atoms with van der Waals surface area (Å²) in [6.45, 7) is 6.40. The van der Waals surface area contributed by atoms with Crippen molar-refractivity contribution in [2.24, 2.45) is 5.92 Å². The second kappa shape index (κ2) is 6.16. The molecule has 0 radical (unpaired) electrons. The summed E-state index contributed by atoms with van der Waals surface area (Å²) in [7, 11) is 0. The van der Waals surface area contributed by atoms with Crippen LogP contribution in [0.1, 0.15) is 18.7 Å². The van der Waals surface area contributed by atoms with Gasteiger partial charge in [-0.15, -0.1) is 11.3 Å². The first-order valence-corrected chi connectivity index (χ1v) is 7.24. The van der Waals surface area contributed by atoms with E-state index < -0.39 is 0 Å². The molecule has 0 saturated heterocycles. The van der Waals surface area contributed by atoms with Gasteiger partial charge in [-0.3, -0.25) is 9.69 Å². The summed E-state index contributed by atoms with van der Waals surface area (Å²) in [5.74, 6) is 0.659. The van der Waals surface area contributed by atoms with Crippen molar-refractivity contribution in [3.8, 4) is 0 Å². The van der Waals surface area contributed by atoms with Crippen LogP contribution in [0.2, 0.25) is 0 Å². The van der Waals surface area contributed by atoms with Gasteiger partial charge < -0.3 is 5.32 Å². The highest BCUT2D eigenvalue weighted by Crippen LogP contribution is 2.17. The molecule has 98 valence electrons. The third kappa shape index (κ3) is 3.43. The minimum atomic E-state index is 0.109. The molecule has 18 heavy (non-hydrogen) atoms. The van der Waals surface area contributed by atoms with Crippen molar-refractivity contribution in [2.75, 3.05) is 13.1 Å². The number of hydrogen-bond acceptors (Lipinski definition) is 3. The molecule has 0 spiro atoms. The predicted molar refractivity (Wildman–Crippen MR) is 75.5 cm³/mol. The van der Waals surface area contributed by atoms with Crippen molar-refractivity contribution >= 4 is 17.2 Å². The molecule has 3 nitrogen and oxygen atoms in total. The average molecular weight is 264 g/mol. The normalized spacial score (nSPS) is 19.6. The second-order valence-corrected chi connectivity index (χ2v) is 5.98. The number of carbonyl (C=O) groups is 1. The van der Waals surface area contributed by atoms with Crippen LogP contribution in [0.4, 0.5) is 0 Å². The number of amides is 1. The summed E-state index contributed by atoms with van der Waals surface area (Å²) in [4.78, 5) is 15.3. The molecular formula is C14H20N2OS. The summed E-state index contributed by atoms with van der Waals surface area (Å²) >= 11 is 1.67. The molecule has 1 aromatic rings. The molecule has 0 saturated carbocycles. The molecule has 2 heterocycles. The fourth-order valence-corrected chi connectivity index (χ4v) is 2.88. The first-order chi connectivity index (χ1) is 8.66. The van der Waals surface area contributed by atoms with Gasteiger partial charge in [0.1, 0.15) is 0 Å². The summed E-state index contributed by atoms with van der Waals surface area (Å²) in [5.41, 5.74) is 0. The van der Waals surface area contributed by atoms with E-state index in [4.69, 9.17) is 0 Å². The molecule has 1 atom stereocenters. The van der Waals surface area contributed by atoms with Crippen molar-refractivity contribution in [1.82, 2.24) is 10.2 Å². The van der Waals surface area contributed by atoms with Crippen LogP contribution in [0.15, 0.2) is 29.7 Å². The second-order valence-electron chi connectivity index (χ2n) is 4.95. The van der Waals surface area contributed by atoms with E-state index in [9.17, 15) is 4.79 Å². The van der Waals surface area contributed by atoms with Crippen LogP contribution in [-0.4, -0.2) is 29.9 Å². The smallest absolute Gasteiger partial charge is 0.234 e. The van der Waals surface area contributed by atoms with Gasteiger partial charge in [0.05, 0.1) is 13.1 Å². The van der Waals surface area contributed by atoms with Gasteiger partial charge in [-0.25, -0.2) is 0 Å². The molecule has 1 aliphatic heterocycles. The van der Waals surface area contributed by atoms with E-state index in [0.717, 1.165) is 6.54 Å². The Labute approximate surface area is 112 Å². The monoisotopic (exact) mass is 264 g/mol. The topological polar surface area (TPSA) is 32.3 Å². The zero-order chi connectivity index (χ0) is 13.0. The summed E-state index contributed by atoms with van der Waals surface area (Å²) < 4.78 is 0. The van der Waals surface area contributed by atoms with Gasteiger partial charge in [-0.2, -0.15) is 0 Å². The lowest BCUT2D eigenvalue weighted by molar-refractivity contribution is -0.122. The quantitative estimate of drug-likeness (QED) is 0.827. The first kappa shape index (κ1) is 13.3. The van der Waals surface area contributed by atoms with E-state index in [-0.39, 0.29) is 5.91 Å². The Kier molecular flexibility index (Phi) is 4.55. The van der Waals surface area contributed by atoms with Gasteiger partial charge in [0, 0.05) is 17.5 Å². The van der Waals surface area contributed by atoms with Crippen molar-refractivity contribution in [1.29, 1.82) is 0 Å². The maximum Gasteiger partial charge on any atom is 0.234 e. The summed E-state index contributed by atoms with van der Waals surface area (Å²) in [6.07, 6.45) is 4.36. The average Bonchev–Trinajstić information content (AvgIpc) is 2.96. The molecule has 1 N–H and O–H groups in total. The van der Waals surface area contributed by atoms with E-state index in [0.29, 0.717) is 25.0 Å². The van der Waals surface area contributed by atoms with Crippen LogP contribution >= 0.6 is 11.3 Å². The van der Waals surface area contributed by atoms with Crippen molar-refractivity contribution in [2.45, 2.75) is 26.4 Å². The third-order valence-corrected chi connectivity index (χ3v) is 4.04. The Bertz CT molecular complexity index is 411. The highest BCUT2D eigenvalue weighted by atomic mass is 32.1. The van der Waals surface area contributed by atoms with E-state index in [1.807, 2.05) is 17.5 Å². The zero-order valence-corrected chi connectivity index (χ0v) is 11.7. The van der Waals surface area contributed by atoms with E-state index in [2.05, 4.69) is 36.2 Å². The van der Waals surface area contributed by atoms with Gasteiger partial charge >= 0.3 is 0 Å². The Morgan fingerprint density at radius 3 is 3.11 bits per heavy atom. The molecule has 2 rings (SSSR count). The number of rotatable bonds is 5. The number of carbonyl (C=O) groups excluding carboxylic acids is 1. The number of nitrogens with zero attached hydrogens (tertiary/aromatic N) is 1. The molecule has 1 aliphatic rings. The molecule has 1 amide bonds. The fourth-order valence-electron chi connectivity index (χ4n) is 2.23. The molecule has 0 fully saturated rings. The maximum absolute atomic E-state index is 11.9. The minimum absolute atomic E-state index is 0.109. The lowest BCUT2D eigenvalue weighted by Crippen LogP contribution is -2.41. The largest absolute Gasteiger partial charge is 0.350 e. The predicted octanol–water partition coefficient (Wildman–Crippen LogP) is 2.26. The van der Waals surface area contributed by atoms with Gasteiger partial charge in [-0.1, -0.05) is 32.1 Å². The van der Waals surface area contributed by atoms with E-state index in [1.165, 1.54) is 4.88 Å². The van der Waals surface area contributed by atoms with Crippen LogP contribution < -0.4 is 5.32 Å². The SMILES string of the molecule is CC(C)[C@H]1C=CCN1CC(=O)NCc1cccs1. The van der Waals surface area contributed by atoms with Gasteiger partial charge in [0.2, 0.25) is 5.91 Å². The van der Waals surface area contributed by atoms with Gasteiger partial charge in [0.25, 0.3) is 0 Å². The Balaban J connectivity index is 1.77. The van der Waals surface area contributed by atoms with Crippen molar-refractivity contribution < 1.29 is 4.79 Å². The van der Waals surface area contributed by atoms with Crippen LogP contribution in [0.3, 0.4) is 0 Å². The van der Waals surface area contributed by atoms with E-state index in [1.54, 1.807) is 11.3 Å². The Hall–Kier alpha value is -1.13. The molecule has 0 bridgehead atoms. The maximum atomic E-state index is 11.9. The number of hydrogen-bond donors (Lipinski definition) is 1. The van der Waals surface area contributed by atoms with Crippen LogP contribution in [0.25, 0.3) is 0 Å². The van der Waals surface area contributed by atoms with Crippen LogP contribution in [0, 0.1) is 5.92 Å². The van der Waals surface area contributed by atoms with Crippen LogP contribution in [-0.2, 0) is 11.3 Å². The molecule has 4 heteroatoms. The van der Waals surface area contributed by atoms with Gasteiger partial charge in [0.15, 0.2) is 0 Å². The summed E-state index contributed by atoms with van der Waals surface area (Å²) in [6, 6.07) is 4.45. The molecule has 0 unspecified atom stereocenters. The zero-order valence-electron chi connectivity index (χ0n) is 10.9. The van der Waals surface area contributed by atoms with Crippen LogP contribution in [0.5, 0.6) is 0 Å².